The molecule has 0 saturated carbocycles. The molecule has 2 nitrogen and oxygen atoms in total. The van der Waals surface area contributed by atoms with Gasteiger partial charge in [0.1, 0.15) is 0 Å². The Morgan fingerprint density at radius 2 is 2.10 bits per heavy atom. The Balaban J connectivity index is 2.39. The number of hydrogen-bond acceptors (Lipinski definition) is 2. The first-order valence-corrected chi connectivity index (χ1v) is 4.14. The Labute approximate surface area is 69.3 Å². The van der Waals surface area contributed by atoms with E-state index >= 15 is 0 Å². The third-order valence-electron chi connectivity index (χ3n) is 1.31. The van der Waals surface area contributed by atoms with Crippen LogP contribution in [-0.4, -0.2) is 17.9 Å². The third kappa shape index (κ3) is 2.08. The van der Waals surface area contributed by atoms with Gasteiger partial charge in [-0.3, -0.25) is 0 Å². The van der Waals surface area contributed by atoms with Crippen molar-refractivity contribution in [2.24, 2.45) is 0 Å². The highest BCUT2D eigenvalue weighted by Crippen LogP contribution is 2.29. The highest BCUT2D eigenvalue weighted by molar-refractivity contribution is 9.10. The Bertz CT molecular complexity index is 119. The van der Waals surface area contributed by atoms with E-state index in [2.05, 4.69) is 22.5 Å². The number of halogens is 1. The second kappa shape index (κ2) is 3.51. The van der Waals surface area contributed by atoms with Crippen LogP contribution in [0.1, 0.15) is 12.8 Å². The van der Waals surface area contributed by atoms with Crippen molar-refractivity contribution in [2.75, 3.05) is 13.2 Å². The number of hydrogen-bond donors (Lipinski definition) is 0. The molecule has 0 atom stereocenters. The summed E-state index contributed by atoms with van der Waals surface area (Å²) in [7, 11) is 0. The number of alkyl halides is 1. The lowest BCUT2D eigenvalue weighted by Gasteiger charge is -2.30. The van der Waals surface area contributed by atoms with Gasteiger partial charge >= 0.3 is 0 Å². The maximum atomic E-state index is 5.33. The summed E-state index contributed by atoms with van der Waals surface area (Å²) in [6.07, 6.45) is 3.44. The third-order valence-corrected chi connectivity index (χ3v) is 2.09. The topological polar surface area (TPSA) is 18.5 Å². The second-order valence-electron chi connectivity index (χ2n) is 2.20. The summed E-state index contributed by atoms with van der Waals surface area (Å²) in [5.41, 5.74) is 0. The van der Waals surface area contributed by atoms with E-state index in [9.17, 15) is 0 Å². The molecule has 0 unspecified atom stereocenters. The fourth-order valence-corrected chi connectivity index (χ4v) is 1.39. The van der Waals surface area contributed by atoms with Crippen LogP contribution in [0, 0.1) is 0 Å². The Kier molecular flexibility index (Phi) is 2.89. The molecule has 0 aliphatic carbocycles. The van der Waals surface area contributed by atoms with Crippen molar-refractivity contribution in [1.29, 1.82) is 0 Å². The van der Waals surface area contributed by atoms with Gasteiger partial charge < -0.3 is 9.47 Å². The normalized spacial score (nSPS) is 24.1. The van der Waals surface area contributed by atoms with Gasteiger partial charge in [0.25, 0.3) is 0 Å². The molecule has 0 radical (unpaired) electrons. The molecular weight excluding hydrogens is 196 g/mol. The van der Waals surface area contributed by atoms with Gasteiger partial charge in [-0.15, -0.1) is 6.58 Å². The van der Waals surface area contributed by atoms with E-state index in [1.54, 1.807) is 6.08 Å². The Morgan fingerprint density at radius 3 is 2.60 bits per heavy atom. The van der Waals surface area contributed by atoms with Crippen LogP contribution in [-0.2, 0) is 9.47 Å². The first-order valence-electron chi connectivity index (χ1n) is 3.34. The standard InChI is InChI=1S/C7H11BrO2/c1-2-4-7(8)9-5-3-6-10-7/h2H,1,3-6H2. The lowest BCUT2D eigenvalue weighted by molar-refractivity contribution is -0.197. The first-order chi connectivity index (χ1) is 4.77. The molecule has 3 heteroatoms. The molecule has 1 fully saturated rings. The summed E-state index contributed by atoms with van der Waals surface area (Å²) in [6.45, 7) is 5.14. The molecule has 0 aromatic carbocycles. The van der Waals surface area contributed by atoms with Gasteiger partial charge in [-0.2, -0.15) is 0 Å². The molecule has 1 rings (SSSR count). The maximum Gasteiger partial charge on any atom is 0.229 e. The van der Waals surface area contributed by atoms with Crippen LogP contribution < -0.4 is 0 Å². The van der Waals surface area contributed by atoms with E-state index in [0.717, 1.165) is 19.6 Å². The zero-order valence-electron chi connectivity index (χ0n) is 5.81. The van der Waals surface area contributed by atoms with Crippen LogP contribution in [0.3, 0.4) is 0 Å². The average Bonchev–Trinajstić information content (AvgIpc) is 1.89. The fourth-order valence-electron chi connectivity index (χ4n) is 0.840. The quantitative estimate of drug-likeness (QED) is 0.509. The average molecular weight is 207 g/mol. The van der Waals surface area contributed by atoms with E-state index in [1.807, 2.05) is 0 Å². The van der Waals surface area contributed by atoms with Crippen LogP contribution in [0.2, 0.25) is 0 Å². The molecule has 0 amide bonds. The number of ether oxygens (including phenoxy) is 2. The largest absolute Gasteiger partial charge is 0.341 e. The lowest BCUT2D eigenvalue weighted by atomic mass is 10.3. The molecule has 0 spiro atoms. The van der Waals surface area contributed by atoms with Gasteiger partial charge in [0.05, 0.1) is 13.2 Å². The molecule has 0 N–H and O–H groups in total. The smallest absolute Gasteiger partial charge is 0.229 e. The van der Waals surface area contributed by atoms with E-state index in [4.69, 9.17) is 9.47 Å². The first kappa shape index (κ1) is 8.24. The molecule has 0 bridgehead atoms. The molecule has 0 aromatic rings. The lowest BCUT2D eigenvalue weighted by Crippen LogP contribution is -2.33. The zero-order valence-corrected chi connectivity index (χ0v) is 7.39. The summed E-state index contributed by atoms with van der Waals surface area (Å²) in [4.78, 5) is 0. The van der Waals surface area contributed by atoms with E-state index < -0.39 is 4.70 Å². The zero-order chi connectivity index (χ0) is 7.45. The van der Waals surface area contributed by atoms with Crippen LogP contribution in [0.15, 0.2) is 12.7 Å². The predicted molar refractivity (Wildman–Crippen MR) is 43.0 cm³/mol. The minimum atomic E-state index is -0.576. The van der Waals surface area contributed by atoms with Gasteiger partial charge in [-0.1, -0.05) is 6.08 Å². The van der Waals surface area contributed by atoms with E-state index in [1.165, 1.54) is 0 Å². The summed E-state index contributed by atoms with van der Waals surface area (Å²) in [5, 5.41) is 0. The monoisotopic (exact) mass is 206 g/mol. The molecular formula is C7H11BrO2. The Hall–Kier alpha value is 0.140. The van der Waals surface area contributed by atoms with Crippen molar-refractivity contribution in [2.45, 2.75) is 17.5 Å². The van der Waals surface area contributed by atoms with E-state index in [-0.39, 0.29) is 0 Å². The molecule has 1 aliphatic rings. The summed E-state index contributed by atoms with van der Waals surface area (Å²) < 4.78 is 10.1. The molecule has 10 heavy (non-hydrogen) atoms. The van der Waals surface area contributed by atoms with Crippen molar-refractivity contribution in [3.63, 3.8) is 0 Å². The minimum Gasteiger partial charge on any atom is -0.341 e. The molecule has 1 aliphatic heterocycles. The Morgan fingerprint density at radius 1 is 1.50 bits per heavy atom. The maximum absolute atomic E-state index is 5.33. The van der Waals surface area contributed by atoms with Crippen LogP contribution in [0.4, 0.5) is 0 Å². The second-order valence-corrected chi connectivity index (χ2v) is 3.41. The van der Waals surface area contributed by atoms with Gasteiger partial charge in [0, 0.05) is 6.42 Å². The van der Waals surface area contributed by atoms with Crippen LogP contribution in [0.25, 0.3) is 0 Å². The highest BCUT2D eigenvalue weighted by atomic mass is 79.9. The van der Waals surface area contributed by atoms with Gasteiger partial charge in [0.2, 0.25) is 4.70 Å². The molecule has 58 valence electrons. The van der Waals surface area contributed by atoms with Crippen molar-refractivity contribution in [1.82, 2.24) is 0 Å². The molecule has 1 saturated heterocycles. The van der Waals surface area contributed by atoms with Gasteiger partial charge in [-0.05, 0) is 22.4 Å². The van der Waals surface area contributed by atoms with E-state index in [0.29, 0.717) is 6.42 Å². The van der Waals surface area contributed by atoms with Crippen molar-refractivity contribution in [3.8, 4) is 0 Å². The minimum absolute atomic E-state index is 0.576. The molecule has 1 heterocycles. The summed E-state index contributed by atoms with van der Waals surface area (Å²) >= 11 is 3.34. The van der Waals surface area contributed by atoms with Gasteiger partial charge in [0.15, 0.2) is 0 Å². The van der Waals surface area contributed by atoms with Crippen molar-refractivity contribution in [3.05, 3.63) is 12.7 Å². The summed E-state index contributed by atoms with van der Waals surface area (Å²) in [6, 6.07) is 0. The van der Waals surface area contributed by atoms with Crippen LogP contribution in [0.5, 0.6) is 0 Å². The summed E-state index contributed by atoms with van der Waals surface area (Å²) in [5.74, 6) is 0. The number of rotatable bonds is 2. The van der Waals surface area contributed by atoms with Crippen molar-refractivity contribution < 1.29 is 9.47 Å². The fraction of sp³-hybridized carbons (Fsp3) is 0.714. The van der Waals surface area contributed by atoms with Crippen molar-refractivity contribution >= 4 is 15.9 Å². The predicted octanol–water partition coefficient (Wildman–Crippen LogP) is 2.05. The highest BCUT2D eigenvalue weighted by Gasteiger charge is 2.29. The molecule has 0 aromatic heterocycles. The SMILES string of the molecule is C=CCC1(Br)OCCCO1. The van der Waals surface area contributed by atoms with Gasteiger partial charge in [-0.25, -0.2) is 0 Å². The van der Waals surface area contributed by atoms with Crippen LogP contribution >= 0.6 is 15.9 Å².